The van der Waals surface area contributed by atoms with Gasteiger partial charge in [-0.05, 0) is 5.56 Å². The molecule has 1 heterocycles. The summed E-state index contributed by atoms with van der Waals surface area (Å²) in [5.74, 6) is 0.236. The van der Waals surface area contributed by atoms with Gasteiger partial charge in [-0.2, -0.15) is 5.26 Å². The van der Waals surface area contributed by atoms with Crippen LogP contribution < -0.4 is 4.74 Å². The normalized spacial score (nSPS) is 9.93. The molecule has 0 amide bonds. The molecule has 0 aliphatic heterocycles. The van der Waals surface area contributed by atoms with Crippen LogP contribution in [0.2, 0.25) is 0 Å². The number of ether oxygens (including phenoxy) is 1. The van der Waals surface area contributed by atoms with E-state index in [2.05, 4.69) is 4.98 Å². The van der Waals surface area contributed by atoms with Crippen molar-refractivity contribution in [3.05, 3.63) is 23.4 Å². The first-order chi connectivity index (χ1) is 6.69. The molecule has 0 N–H and O–H groups in total. The van der Waals surface area contributed by atoms with Gasteiger partial charge in [0, 0.05) is 17.8 Å². The fourth-order valence-corrected chi connectivity index (χ4v) is 1.03. The molecule has 0 bridgehead atoms. The molecule has 3 nitrogen and oxygen atoms in total. The maximum Gasteiger partial charge on any atom is 0.265 e. The second kappa shape index (κ2) is 4.51. The van der Waals surface area contributed by atoms with Gasteiger partial charge in [0.25, 0.3) is 6.43 Å². The van der Waals surface area contributed by atoms with Crippen LogP contribution in [0.1, 0.15) is 17.6 Å². The average Bonchev–Trinajstić information content (AvgIpc) is 2.17. The van der Waals surface area contributed by atoms with Gasteiger partial charge >= 0.3 is 0 Å². The van der Waals surface area contributed by atoms with E-state index < -0.39 is 6.43 Å². The van der Waals surface area contributed by atoms with Gasteiger partial charge in [-0.25, -0.2) is 13.8 Å². The maximum atomic E-state index is 12.4. The summed E-state index contributed by atoms with van der Waals surface area (Å²) in [7, 11) is 1.39. The van der Waals surface area contributed by atoms with E-state index in [4.69, 9.17) is 10.00 Å². The molecule has 1 aromatic heterocycles. The number of methoxy groups -OCH3 is 1. The van der Waals surface area contributed by atoms with Gasteiger partial charge in [-0.15, -0.1) is 0 Å². The van der Waals surface area contributed by atoms with Crippen molar-refractivity contribution in [3.8, 4) is 11.9 Å². The lowest BCUT2D eigenvalue weighted by Gasteiger charge is -2.06. The van der Waals surface area contributed by atoms with Crippen molar-refractivity contribution in [3.63, 3.8) is 0 Å². The molecule has 1 rings (SSSR count). The van der Waals surface area contributed by atoms with E-state index in [0.29, 0.717) is 0 Å². The fraction of sp³-hybridized carbons (Fsp3) is 0.333. The number of nitrogens with zero attached hydrogens (tertiary/aromatic N) is 2. The lowest BCUT2D eigenvalue weighted by molar-refractivity contribution is 0.150. The molecule has 14 heavy (non-hydrogen) atoms. The van der Waals surface area contributed by atoms with Crippen LogP contribution in [0.5, 0.6) is 5.88 Å². The van der Waals surface area contributed by atoms with Gasteiger partial charge in [-0.3, -0.25) is 0 Å². The zero-order valence-corrected chi connectivity index (χ0v) is 7.50. The first-order valence-corrected chi connectivity index (χ1v) is 3.87. The first-order valence-electron chi connectivity index (χ1n) is 3.87. The van der Waals surface area contributed by atoms with Crippen LogP contribution in [-0.4, -0.2) is 12.1 Å². The molecular weight excluding hydrogens is 190 g/mol. The molecule has 0 fully saturated rings. The second-order valence-electron chi connectivity index (χ2n) is 2.56. The van der Waals surface area contributed by atoms with Crippen LogP contribution in [0, 0.1) is 11.3 Å². The van der Waals surface area contributed by atoms with Gasteiger partial charge < -0.3 is 4.74 Å². The standard InChI is InChI=1S/C9H8F2N2O/c1-14-8-4-6(2-3-12)7(5-13-8)9(10)11/h4-5,9H,2H2,1H3. The minimum absolute atomic E-state index is 0.0709. The lowest BCUT2D eigenvalue weighted by atomic mass is 10.1. The van der Waals surface area contributed by atoms with Crippen LogP contribution in [-0.2, 0) is 6.42 Å². The van der Waals surface area contributed by atoms with E-state index in [1.54, 1.807) is 0 Å². The van der Waals surface area contributed by atoms with E-state index in [9.17, 15) is 8.78 Å². The van der Waals surface area contributed by atoms with E-state index in [1.165, 1.54) is 13.2 Å². The zero-order chi connectivity index (χ0) is 10.6. The largest absolute Gasteiger partial charge is 0.481 e. The van der Waals surface area contributed by atoms with Crippen molar-refractivity contribution in [2.75, 3.05) is 7.11 Å². The molecule has 0 aromatic carbocycles. The van der Waals surface area contributed by atoms with E-state index in [1.807, 2.05) is 6.07 Å². The van der Waals surface area contributed by atoms with Crippen LogP contribution in [0.3, 0.4) is 0 Å². The zero-order valence-electron chi connectivity index (χ0n) is 7.50. The van der Waals surface area contributed by atoms with Crippen molar-refractivity contribution in [2.24, 2.45) is 0 Å². The molecule has 0 radical (unpaired) electrons. The number of pyridine rings is 1. The average molecular weight is 198 g/mol. The number of hydrogen-bond donors (Lipinski definition) is 0. The maximum absolute atomic E-state index is 12.4. The van der Waals surface area contributed by atoms with E-state index >= 15 is 0 Å². The molecular formula is C9H8F2N2O. The Labute approximate surface area is 79.9 Å². The molecule has 0 atom stereocenters. The highest BCUT2D eigenvalue weighted by molar-refractivity contribution is 5.32. The molecule has 0 aliphatic rings. The molecule has 0 unspecified atom stereocenters. The third kappa shape index (κ3) is 2.16. The Morgan fingerprint density at radius 2 is 2.36 bits per heavy atom. The van der Waals surface area contributed by atoms with Crippen LogP contribution in [0.15, 0.2) is 12.3 Å². The lowest BCUT2D eigenvalue weighted by Crippen LogP contribution is -1.97. The van der Waals surface area contributed by atoms with Gasteiger partial charge in [-0.1, -0.05) is 0 Å². The van der Waals surface area contributed by atoms with Crippen molar-refractivity contribution in [1.82, 2.24) is 4.98 Å². The van der Waals surface area contributed by atoms with E-state index in [-0.39, 0.29) is 23.4 Å². The van der Waals surface area contributed by atoms with Gasteiger partial charge in [0.05, 0.1) is 19.6 Å². The smallest absolute Gasteiger partial charge is 0.265 e. The van der Waals surface area contributed by atoms with Gasteiger partial charge in [0.15, 0.2) is 0 Å². The molecule has 74 valence electrons. The van der Waals surface area contributed by atoms with Crippen molar-refractivity contribution in [1.29, 1.82) is 5.26 Å². The number of halogens is 2. The number of alkyl halides is 2. The third-order valence-electron chi connectivity index (χ3n) is 1.71. The Kier molecular flexibility index (Phi) is 3.35. The summed E-state index contributed by atoms with van der Waals surface area (Å²) in [6.07, 6.45) is -1.65. The Morgan fingerprint density at radius 3 is 2.86 bits per heavy atom. The number of hydrogen-bond acceptors (Lipinski definition) is 3. The summed E-state index contributed by atoms with van der Waals surface area (Å²) >= 11 is 0. The highest BCUT2D eigenvalue weighted by atomic mass is 19.3. The predicted molar refractivity (Wildman–Crippen MR) is 45.1 cm³/mol. The quantitative estimate of drug-likeness (QED) is 0.747. The Morgan fingerprint density at radius 1 is 1.64 bits per heavy atom. The Hall–Kier alpha value is -1.70. The number of nitriles is 1. The van der Waals surface area contributed by atoms with Gasteiger partial charge in [0.1, 0.15) is 0 Å². The van der Waals surface area contributed by atoms with Crippen LogP contribution in [0.4, 0.5) is 8.78 Å². The molecule has 1 aromatic rings. The Bertz CT molecular complexity index is 360. The molecule has 5 heteroatoms. The summed E-state index contributed by atoms with van der Waals surface area (Å²) in [5, 5.41) is 8.43. The summed E-state index contributed by atoms with van der Waals surface area (Å²) in [6.45, 7) is 0. The Balaban J connectivity index is 3.11. The molecule has 0 saturated carbocycles. The summed E-state index contributed by atoms with van der Waals surface area (Å²) in [6, 6.07) is 3.17. The van der Waals surface area contributed by atoms with Crippen molar-refractivity contribution < 1.29 is 13.5 Å². The van der Waals surface area contributed by atoms with Crippen molar-refractivity contribution >= 4 is 0 Å². The number of aromatic nitrogens is 1. The highest BCUT2D eigenvalue weighted by Crippen LogP contribution is 2.24. The minimum Gasteiger partial charge on any atom is -0.481 e. The topological polar surface area (TPSA) is 45.9 Å². The highest BCUT2D eigenvalue weighted by Gasteiger charge is 2.14. The first kappa shape index (κ1) is 10.4. The van der Waals surface area contributed by atoms with Crippen LogP contribution >= 0.6 is 0 Å². The second-order valence-corrected chi connectivity index (χ2v) is 2.56. The van der Waals surface area contributed by atoms with Crippen molar-refractivity contribution in [2.45, 2.75) is 12.8 Å². The monoisotopic (exact) mass is 198 g/mol. The number of rotatable bonds is 3. The van der Waals surface area contributed by atoms with Crippen LogP contribution in [0.25, 0.3) is 0 Å². The molecule has 0 aliphatic carbocycles. The summed E-state index contributed by atoms with van der Waals surface area (Å²) in [5.41, 5.74) is 0.0432. The van der Waals surface area contributed by atoms with E-state index in [0.717, 1.165) is 6.20 Å². The summed E-state index contributed by atoms with van der Waals surface area (Å²) in [4.78, 5) is 3.65. The third-order valence-corrected chi connectivity index (χ3v) is 1.71. The van der Waals surface area contributed by atoms with Gasteiger partial charge in [0.2, 0.25) is 5.88 Å². The minimum atomic E-state index is -2.61. The fourth-order valence-electron chi connectivity index (χ4n) is 1.03. The predicted octanol–water partition coefficient (Wildman–Crippen LogP) is 2.09. The molecule has 0 saturated heterocycles. The molecule has 0 spiro atoms. The summed E-state index contributed by atoms with van der Waals surface area (Å²) < 4.78 is 29.6. The SMILES string of the molecule is COc1cc(CC#N)c(C(F)F)cn1.